The molecule has 0 aliphatic carbocycles. The minimum absolute atomic E-state index is 0. The van der Waals surface area contributed by atoms with E-state index >= 15 is 0 Å². The van der Waals surface area contributed by atoms with Crippen LogP contribution in [0.3, 0.4) is 0 Å². The van der Waals surface area contributed by atoms with Crippen LogP contribution < -0.4 is 15.5 Å². The molecule has 23 heavy (non-hydrogen) atoms. The lowest BCUT2D eigenvalue weighted by atomic mass is 10.2. The third-order valence-electron chi connectivity index (χ3n) is 3.97. The lowest BCUT2D eigenvalue weighted by Crippen LogP contribution is -2.44. The fraction of sp³-hybridized carbons (Fsp3) is 0.533. The molecule has 3 heterocycles. The van der Waals surface area contributed by atoms with Crippen molar-refractivity contribution in [3.63, 3.8) is 0 Å². The molecule has 8 heteroatoms. The quantitative estimate of drug-likeness (QED) is 0.773. The van der Waals surface area contributed by atoms with E-state index in [-0.39, 0.29) is 24.4 Å². The number of halogens is 1. The molecular weight excluding hydrogens is 334 g/mol. The molecule has 0 radical (unpaired) electrons. The van der Waals surface area contributed by atoms with Gasteiger partial charge in [-0.25, -0.2) is 9.97 Å². The van der Waals surface area contributed by atoms with Gasteiger partial charge in [0.15, 0.2) is 0 Å². The summed E-state index contributed by atoms with van der Waals surface area (Å²) in [5, 5.41) is 9.19. The highest BCUT2D eigenvalue weighted by molar-refractivity contribution is 7.16. The molecule has 0 bridgehead atoms. The summed E-state index contributed by atoms with van der Waals surface area (Å²) in [6.07, 6.45) is 4.43. The van der Waals surface area contributed by atoms with E-state index in [0.717, 1.165) is 48.4 Å². The van der Waals surface area contributed by atoms with Crippen LogP contribution in [0, 0.1) is 0 Å². The molecule has 2 aromatic rings. The Morgan fingerprint density at radius 2 is 2.30 bits per heavy atom. The maximum absolute atomic E-state index is 12.5. The number of fused-ring (bicyclic) bond motifs is 1. The van der Waals surface area contributed by atoms with Crippen LogP contribution in [0.2, 0.25) is 0 Å². The third-order valence-corrected chi connectivity index (χ3v) is 4.79. The minimum atomic E-state index is -0.118. The van der Waals surface area contributed by atoms with Gasteiger partial charge in [-0.15, -0.1) is 23.7 Å². The molecule has 1 amide bonds. The summed E-state index contributed by atoms with van der Waals surface area (Å²) in [5.41, 5.74) is 0. The average molecular weight is 356 g/mol. The van der Waals surface area contributed by atoms with Gasteiger partial charge >= 0.3 is 0 Å². The topological polar surface area (TPSA) is 70.2 Å². The highest BCUT2D eigenvalue weighted by Gasteiger charge is 2.32. The zero-order valence-electron chi connectivity index (χ0n) is 13.1. The lowest BCUT2D eigenvalue weighted by Gasteiger charge is -2.25. The predicted molar refractivity (Wildman–Crippen MR) is 96.6 cm³/mol. The molecule has 0 spiro atoms. The van der Waals surface area contributed by atoms with Gasteiger partial charge in [0.2, 0.25) is 5.91 Å². The first-order valence-corrected chi connectivity index (χ1v) is 8.56. The minimum Gasteiger partial charge on any atom is -0.354 e. The van der Waals surface area contributed by atoms with Gasteiger partial charge in [0, 0.05) is 13.1 Å². The van der Waals surface area contributed by atoms with Gasteiger partial charge in [0.05, 0.1) is 5.39 Å². The summed E-state index contributed by atoms with van der Waals surface area (Å²) in [6.45, 7) is 2.49. The number of amides is 1. The average Bonchev–Trinajstić information content (AvgIpc) is 3.19. The summed E-state index contributed by atoms with van der Waals surface area (Å²) in [7, 11) is 1.92. The van der Waals surface area contributed by atoms with Crippen LogP contribution in [-0.2, 0) is 4.79 Å². The number of nitrogens with zero attached hydrogens (tertiary/aromatic N) is 3. The Hall–Kier alpha value is -1.44. The number of nitrogens with one attached hydrogen (secondary N) is 2. The van der Waals surface area contributed by atoms with Crippen molar-refractivity contribution in [2.75, 3.05) is 31.6 Å². The molecule has 3 rings (SSSR count). The molecule has 126 valence electrons. The lowest BCUT2D eigenvalue weighted by molar-refractivity contribution is -0.122. The Morgan fingerprint density at radius 3 is 3.13 bits per heavy atom. The Balaban J connectivity index is 0.00000192. The SMILES string of the molecule is CNCCCNC(=O)C1CCCN1c1ncnc2sccc12.Cl. The molecule has 0 aromatic carbocycles. The number of rotatable bonds is 6. The molecule has 1 aliphatic rings. The second-order valence-electron chi connectivity index (χ2n) is 5.44. The zero-order valence-corrected chi connectivity index (χ0v) is 14.8. The number of carbonyl (C=O) groups excluding carboxylic acids is 1. The second-order valence-corrected chi connectivity index (χ2v) is 6.33. The van der Waals surface area contributed by atoms with E-state index < -0.39 is 0 Å². The molecule has 1 aliphatic heterocycles. The van der Waals surface area contributed by atoms with Crippen molar-refractivity contribution in [1.82, 2.24) is 20.6 Å². The summed E-state index contributed by atoms with van der Waals surface area (Å²) in [4.78, 5) is 24.3. The first-order chi connectivity index (χ1) is 10.8. The van der Waals surface area contributed by atoms with Gasteiger partial charge in [0.25, 0.3) is 0 Å². The van der Waals surface area contributed by atoms with Crippen molar-refractivity contribution in [2.45, 2.75) is 25.3 Å². The Bertz CT molecular complexity index is 650. The molecule has 1 saturated heterocycles. The van der Waals surface area contributed by atoms with Crippen molar-refractivity contribution < 1.29 is 4.79 Å². The molecule has 1 atom stereocenters. The number of thiophene rings is 1. The van der Waals surface area contributed by atoms with E-state index in [1.54, 1.807) is 17.7 Å². The largest absolute Gasteiger partial charge is 0.354 e. The predicted octanol–water partition coefficient (Wildman–Crippen LogP) is 1.81. The van der Waals surface area contributed by atoms with Gasteiger partial charge in [0.1, 0.15) is 23.0 Å². The van der Waals surface area contributed by atoms with E-state index in [1.165, 1.54) is 0 Å². The molecule has 2 N–H and O–H groups in total. The Kier molecular flexibility index (Phi) is 6.56. The molecule has 1 unspecified atom stereocenters. The molecule has 2 aromatic heterocycles. The molecule has 0 saturated carbocycles. The van der Waals surface area contributed by atoms with Crippen LogP contribution >= 0.6 is 23.7 Å². The number of carbonyl (C=O) groups is 1. The molecule has 6 nitrogen and oxygen atoms in total. The first kappa shape index (κ1) is 17.9. The van der Waals surface area contributed by atoms with E-state index in [1.807, 2.05) is 18.5 Å². The number of aromatic nitrogens is 2. The van der Waals surface area contributed by atoms with Crippen molar-refractivity contribution in [2.24, 2.45) is 0 Å². The van der Waals surface area contributed by atoms with Gasteiger partial charge in [-0.05, 0) is 44.3 Å². The van der Waals surface area contributed by atoms with Gasteiger partial charge in [-0.2, -0.15) is 0 Å². The van der Waals surface area contributed by atoms with Crippen LogP contribution in [0.1, 0.15) is 19.3 Å². The fourth-order valence-electron chi connectivity index (χ4n) is 2.89. The summed E-state index contributed by atoms with van der Waals surface area (Å²) in [6, 6.07) is 1.92. The van der Waals surface area contributed by atoms with Crippen LogP contribution in [-0.4, -0.2) is 48.6 Å². The van der Waals surface area contributed by atoms with Crippen molar-refractivity contribution in [3.8, 4) is 0 Å². The highest BCUT2D eigenvalue weighted by atomic mass is 35.5. The number of hydrogen-bond acceptors (Lipinski definition) is 6. The van der Waals surface area contributed by atoms with Crippen LogP contribution in [0.15, 0.2) is 17.8 Å². The van der Waals surface area contributed by atoms with Crippen LogP contribution in [0.5, 0.6) is 0 Å². The first-order valence-electron chi connectivity index (χ1n) is 7.68. The number of hydrogen-bond donors (Lipinski definition) is 2. The monoisotopic (exact) mass is 355 g/mol. The number of anilines is 1. The molecule has 1 fully saturated rings. The van der Waals surface area contributed by atoms with Crippen LogP contribution in [0.4, 0.5) is 5.82 Å². The summed E-state index contributed by atoms with van der Waals surface area (Å²) >= 11 is 1.60. The Labute approximate surface area is 146 Å². The maximum atomic E-state index is 12.5. The van der Waals surface area contributed by atoms with Gasteiger partial charge in [-0.3, -0.25) is 4.79 Å². The van der Waals surface area contributed by atoms with Crippen molar-refractivity contribution >= 4 is 45.7 Å². The molecular formula is C15H22ClN5OS. The van der Waals surface area contributed by atoms with Crippen molar-refractivity contribution in [1.29, 1.82) is 0 Å². The maximum Gasteiger partial charge on any atom is 0.242 e. The zero-order chi connectivity index (χ0) is 15.4. The summed E-state index contributed by atoms with van der Waals surface area (Å²) < 4.78 is 0. The van der Waals surface area contributed by atoms with Gasteiger partial charge in [-0.1, -0.05) is 0 Å². The standard InChI is InChI=1S/C15H21N5OS.ClH/c1-16-6-3-7-17-14(21)12-4-2-8-20(12)13-11-5-9-22-15(11)19-10-18-13;/h5,9-10,12,16H,2-4,6-8H2,1H3,(H,17,21);1H. The summed E-state index contributed by atoms with van der Waals surface area (Å²) in [5.74, 6) is 0.995. The Morgan fingerprint density at radius 1 is 1.43 bits per heavy atom. The van der Waals surface area contributed by atoms with Crippen LogP contribution in [0.25, 0.3) is 10.2 Å². The van der Waals surface area contributed by atoms with Crippen molar-refractivity contribution in [3.05, 3.63) is 17.8 Å². The third kappa shape index (κ3) is 3.91. The normalized spacial score (nSPS) is 17.3. The van der Waals surface area contributed by atoms with E-state index in [2.05, 4.69) is 25.5 Å². The van der Waals surface area contributed by atoms with E-state index in [9.17, 15) is 4.79 Å². The van der Waals surface area contributed by atoms with E-state index in [0.29, 0.717) is 6.54 Å². The van der Waals surface area contributed by atoms with Gasteiger partial charge < -0.3 is 15.5 Å². The fourth-order valence-corrected chi connectivity index (χ4v) is 3.62. The highest BCUT2D eigenvalue weighted by Crippen LogP contribution is 2.31. The second kappa shape index (κ2) is 8.42. The smallest absolute Gasteiger partial charge is 0.242 e. The van der Waals surface area contributed by atoms with E-state index in [4.69, 9.17) is 0 Å².